The summed E-state index contributed by atoms with van der Waals surface area (Å²) in [5.41, 5.74) is 19.1. The van der Waals surface area contributed by atoms with Crippen molar-refractivity contribution >= 4 is 109 Å². The standard InChI is InChI=1S/C61H43N3S/c1-2-14-59-54(37-61(62)64-57-26-12-9-23-50(57)52-36-42(29-31-58(52)64)63-55-24-10-7-21-48(55)49-22-8-11-25-56(49)63)53-35-41(28-32-60(53)65-59)39-16-13-15-38(33-39)40-27-30-47-45-19-4-3-17-43(45)44-18-5-6-20-46(44)51(47)34-40/h3-13,15-37H,2,14,62H2,1H3/b61-37+. The first-order valence-corrected chi connectivity index (χ1v) is 23.4. The third-order valence-electron chi connectivity index (χ3n) is 13.6. The molecule has 3 heterocycles. The molecule has 10 aromatic carbocycles. The summed E-state index contributed by atoms with van der Waals surface area (Å²) in [6.45, 7) is 2.26. The molecule has 0 saturated carbocycles. The second-order valence-electron chi connectivity index (χ2n) is 17.3. The Morgan fingerprint density at radius 2 is 0.923 bits per heavy atom. The van der Waals surface area contributed by atoms with Gasteiger partial charge in [-0.15, -0.1) is 11.3 Å². The fourth-order valence-corrected chi connectivity index (χ4v) is 11.9. The summed E-state index contributed by atoms with van der Waals surface area (Å²) in [6.07, 6.45) is 4.28. The zero-order valence-electron chi connectivity index (χ0n) is 35.9. The molecule has 13 aromatic rings. The molecule has 2 N–H and O–H groups in total. The predicted molar refractivity (Wildman–Crippen MR) is 281 cm³/mol. The zero-order valence-corrected chi connectivity index (χ0v) is 36.7. The highest BCUT2D eigenvalue weighted by atomic mass is 32.1. The molecular formula is C61H43N3S. The number of rotatable bonds is 7. The topological polar surface area (TPSA) is 35.9 Å². The van der Waals surface area contributed by atoms with Crippen LogP contribution in [0, 0.1) is 0 Å². The Kier molecular flexibility index (Phi) is 8.59. The highest BCUT2D eigenvalue weighted by Gasteiger charge is 2.19. The fraction of sp³-hybridized carbons (Fsp3) is 0.0492. The Balaban J connectivity index is 0.924. The average molecular weight is 850 g/mol. The van der Waals surface area contributed by atoms with Gasteiger partial charge in [-0.2, -0.15) is 0 Å². The number of benzene rings is 10. The van der Waals surface area contributed by atoms with Gasteiger partial charge >= 0.3 is 0 Å². The van der Waals surface area contributed by atoms with E-state index in [1.807, 2.05) is 11.3 Å². The fourth-order valence-electron chi connectivity index (χ4n) is 10.7. The molecule has 0 radical (unpaired) electrons. The largest absolute Gasteiger partial charge is 0.385 e. The SMILES string of the molecule is CCCc1sc2ccc(-c3cccc(-c4ccc5c6ccccc6c6ccccc6c5c4)c3)cc2c1/C=C(\N)n1c2ccccc2c2cc(-n3c4ccccc4c4ccccc43)ccc21. The Morgan fingerprint density at radius 3 is 1.55 bits per heavy atom. The molecule has 4 heteroatoms. The minimum atomic E-state index is 0.710. The van der Waals surface area contributed by atoms with Gasteiger partial charge in [0.1, 0.15) is 5.82 Å². The first kappa shape index (κ1) is 37.6. The van der Waals surface area contributed by atoms with E-state index in [0.29, 0.717) is 5.82 Å². The van der Waals surface area contributed by atoms with E-state index in [1.165, 1.54) is 108 Å². The molecule has 0 spiro atoms. The summed E-state index contributed by atoms with van der Waals surface area (Å²) in [5, 5.41) is 13.9. The van der Waals surface area contributed by atoms with Crippen LogP contribution < -0.4 is 5.73 Å². The van der Waals surface area contributed by atoms with Gasteiger partial charge in [0, 0.05) is 42.2 Å². The van der Waals surface area contributed by atoms with Gasteiger partial charge in [-0.25, -0.2) is 0 Å². The van der Waals surface area contributed by atoms with Gasteiger partial charge in [-0.3, -0.25) is 4.57 Å². The first-order valence-electron chi connectivity index (χ1n) is 22.6. The van der Waals surface area contributed by atoms with Crippen LogP contribution in [0.4, 0.5) is 0 Å². The third kappa shape index (κ3) is 5.88. The number of aryl methyl sites for hydroxylation is 1. The van der Waals surface area contributed by atoms with Crippen molar-refractivity contribution in [2.45, 2.75) is 19.8 Å². The first-order chi connectivity index (χ1) is 32.1. The molecule has 65 heavy (non-hydrogen) atoms. The Hall–Kier alpha value is -7.92. The van der Waals surface area contributed by atoms with Gasteiger partial charge in [0.05, 0.1) is 22.1 Å². The maximum absolute atomic E-state index is 7.36. The lowest BCUT2D eigenvalue weighted by Gasteiger charge is -2.13. The number of thiophene rings is 1. The third-order valence-corrected chi connectivity index (χ3v) is 14.8. The maximum Gasteiger partial charge on any atom is 0.108 e. The van der Waals surface area contributed by atoms with E-state index in [-0.39, 0.29) is 0 Å². The molecule has 0 saturated heterocycles. The van der Waals surface area contributed by atoms with E-state index in [2.05, 4.69) is 222 Å². The van der Waals surface area contributed by atoms with Crippen molar-refractivity contribution in [2.75, 3.05) is 0 Å². The summed E-state index contributed by atoms with van der Waals surface area (Å²) < 4.78 is 5.92. The van der Waals surface area contributed by atoms with Crippen LogP contribution in [0.5, 0.6) is 0 Å². The van der Waals surface area contributed by atoms with E-state index in [0.717, 1.165) is 29.6 Å². The number of nitrogens with two attached hydrogens (primary N) is 1. The molecule has 0 unspecified atom stereocenters. The Labute approximate surface area is 380 Å². The van der Waals surface area contributed by atoms with Crippen molar-refractivity contribution in [3.05, 3.63) is 211 Å². The molecule has 0 aliphatic heterocycles. The van der Waals surface area contributed by atoms with Gasteiger partial charge in [0.15, 0.2) is 0 Å². The highest BCUT2D eigenvalue weighted by molar-refractivity contribution is 7.19. The van der Waals surface area contributed by atoms with E-state index < -0.39 is 0 Å². The second-order valence-corrected chi connectivity index (χ2v) is 18.5. The van der Waals surface area contributed by atoms with Crippen molar-refractivity contribution in [3.8, 4) is 27.9 Å². The van der Waals surface area contributed by atoms with Crippen molar-refractivity contribution in [1.82, 2.24) is 9.13 Å². The van der Waals surface area contributed by atoms with Crippen LogP contribution in [0.2, 0.25) is 0 Å². The molecular weight excluding hydrogens is 807 g/mol. The van der Waals surface area contributed by atoms with Crippen LogP contribution in [-0.2, 0) is 6.42 Å². The van der Waals surface area contributed by atoms with Crippen LogP contribution in [-0.4, -0.2) is 9.13 Å². The van der Waals surface area contributed by atoms with E-state index in [9.17, 15) is 0 Å². The van der Waals surface area contributed by atoms with Crippen molar-refractivity contribution in [1.29, 1.82) is 0 Å². The van der Waals surface area contributed by atoms with Gasteiger partial charge in [-0.05, 0) is 133 Å². The number of aromatic nitrogens is 2. The zero-order chi connectivity index (χ0) is 43.2. The lowest BCUT2D eigenvalue weighted by molar-refractivity contribution is 0.939. The van der Waals surface area contributed by atoms with E-state index in [1.54, 1.807) is 0 Å². The van der Waals surface area contributed by atoms with Crippen LogP contribution in [0.1, 0.15) is 23.8 Å². The molecule has 13 rings (SSSR count). The second kappa shape index (κ2) is 14.8. The quantitative estimate of drug-likeness (QED) is 0.159. The average Bonchev–Trinajstić information content (AvgIpc) is 4.00. The summed E-state index contributed by atoms with van der Waals surface area (Å²) in [6, 6.07) is 73.4. The summed E-state index contributed by atoms with van der Waals surface area (Å²) in [4.78, 5) is 1.36. The van der Waals surface area contributed by atoms with Crippen LogP contribution in [0.25, 0.3) is 126 Å². The summed E-state index contributed by atoms with van der Waals surface area (Å²) in [7, 11) is 0. The Bertz CT molecular complexity index is 4010. The van der Waals surface area contributed by atoms with Gasteiger partial charge in [0.25, 0.3) is 0 Å². The minimum absolute atomic E-state index is 0.710. The van der Waals surface area contributed by atoms with Gasteiger partial charge < -0.3 is 10.3 Å². The lowest BCUT2D eigenvalue weighted by atomic mass is 9.91. The van der Waals surface area contributed by atoms with Crippen LogP contribution >= 0.6 is 11.3 Å². The minimum Gasteiger partial charge on any atom is -0.385 e. The molecule has 0 fully saturated rings. The summed E-state index contributed by atoms with van der Waals surface area (Å²) >= 11 is 1.89. The molecule has 3 nitrogen and oxygen atoms in total. The van der Waals surface area contributed by atoms with Crippen LogP contribution in [0.15, 0.2) is 200 Å². The predicted octanol–water partition coefficient (Wildman–Crippen LogP) is 16.8. The molecule has 0 aliphatic carbocycles. The number of fused-ring (bicyclic) bond motifs is 13. The lowest BCUT2D eigenvalue weighted by Crippen LogP contribution is -2.06. The van der Waals surface area contributed by atoms with Gasteiger partial charge in [0.2, 0.25) is 0 Å². The molecule has 0 atom stereocenters. The number of nitrogens with zero attached hydrogens (tertiary/aromatic N) is 2. The molecule has 3 aromatic heterocycles. The normalized spacial score (nSPS) is 12.4. The highest BCUT2D eigenvalue weighted by Crippen LogP contribution is 2.41. The van der Waals surface area contributed by atoms with Gasteiger partial charge in [-0.1, -0.05) is 153 Å². The smallest absolute Gasteiger partial charge is 0.108 e. The summed E-state index contributed by atoms with van der Waals surface area (Å²) in [5.74, 6) is 0.710. The molecule has 308 valence electrons. The van der Waals surface area contributed by atoms with Crippen molar-refractivity contribution in [2.24, 2.45) is 5.73 Å². The Morgan fingerprint density at radius 1 is 0.431 bits per heavy atom. The van der Waals surface area contributed by atoms with E-state index >= 15 is 0 Å². The molecule has 0 bridgehead atoms. The van der Waals surface area contributed by atoms with Crippen molar-refractivity contribution < 1.29 is 0 Å². The number of hydrogen-bond donors (Lipinski definition) is 1. The number of para-hydroxylation sites is 3. The monoisotopic (exact) mass is 849 g/mol. The van der Waals surface area contributed by atoms with E-state index in [4.69, 9.17) is 5.73 Å². The number of hydrogen-bond acceptors (Lipinski definition) is 2. The molecule has 0 amide bonds. The van der Waals surface area contributed by atoms with Crippen LogP contribution in [0.3, 0.4) is 0 Å². The maximum atomic E-state index is 7.36. The van der Waals surface area contributed by atoms with Crippen molar-refractivity contribution in [3.63, 3.8) is 0 Å². The molecule has 0 aliphatic rings.